The van der Waals surface area contributed by atoms with Crippen LogP contribution < -0.4 is 0 Å². The molecule has 0 aliphatic heterocycles. The molecule has 2 aromatic heterocycles. The summed E-state index contributed by atoms with van der Waals surface area (Å²) in [5.74, 6) is 0.779. The predicted octanol–water partition coefficient (Wildman–Crippen LogP) is 2.20. The van der Waals surface area contributed by atoms with Crippen LogP contribution >= 0.6 is 12.2 Å². The highest BCUT2D eigenvalue weighted by atomic mass is 32.1. The van der Waals surface area contributed by atoms with E-state index in [-0.39, 0.29) is 0 Å². The lowest BCUT2D eigenvalue weighted by Gasteiger charge is -2.04. The molecule has 0 spiro atoms. The van der Waals surface area contributed by atoms with Crippen LogP contribution in [0.15, 0.2) is 18.6 Å². The Morgan fingerprint density at radius 3 is 3.06 bits per heavy atom. The number of aromatic nitrogens is 5. The normalized spacial score (nSPS) is 10.6. The molecule has 0 aliphatic rings. The molecule has 2 heterocycles. The summed E-state index contributed by atoms with van der Waals surface area (Å²) in [5.41, 5.74) is 0.790. The molecule has 0 bridgehead atoms. The molecule has 6 heteroatoms. The minimum absolute atomic E-state index is 0.641. The van der Waals surface area contributed by atoms with Gasteiger partial charge in [0.05, 0.1) is 0 Å². The molecule has 0 saturated carbocycles. The van der Waals surface area contributed by atoms with Crippen LogP contribution in [0.2, 0.25) is 0 Å². The molecule has 16 heavy (non-hydrogen) atoms. The van der Waals surface area contributed by atoms with Gasteiger partial charge in [-0.2, -0.15) is 5.10 Å². The summed E-state index contributed by atoms with van der Waals surface area (Å²) in [4.78, 5) is 8.06. The monoisotopic (exact) mass is 235 g/mol. The molecule has 0 atom stereocenters. The summed E-state index contributed by atoms with van der Waals surface area (Å²) in [7, 11) is 0. The van der Waals surface area contributed by atoms with E-state index < -0.39 is 0 Å². The highest BCUT2D eigenvalue weighted by molar-refractivity contribution is 7.71. The quantitative estimate of drug-likeness (QED) is 0.825. The smallest absolute Gasteiger partial charge is 0.195 e. The van der Waals surface area contributed by atoms with Gasteiger partial charge in [0.15, 0.2) is 10.6 Å². The number of nitrogens with one attached hydrogen (secondary N) is 1. The van der Waals surface area contributed by atoms with Crippen molar-refractivity contribution in [2.45, 2.75) is 26.3 Å². The maximum Gasteiger partial charge on any atom is 0.195 e. The van der Waals surface area contributed by atoms with E-state index in [0.717, 1.165) is 30.9 Å². The average Bonchev–Trinajstić information content (AvgIpc) is 2.69. The van der Waals surface area contributed by atoms with Crippen molar-refractivity contribution < 1.29 is 0 Å². The molecule has 84 valence electrons. The minimum Gasteiger partial charge on any atom is -0.299 e. The van der Waals surface area contributed by atoms with Gasteiger partial charge in [-0.25, -0.2) is 9.97 Å². The maximum atomic E-state index is 5.19. The molecule has 2 rings (SSSR count). The first-order valence-electron chi connectivity index (χ1n) is 5.24. The SMILES string of the molecule is CCCCn1c(-c2ccncn2)n[nH]c1=S. The Morgan fingerprint density at radius 1 is 1.50 bits per heavy atom. The van der Waals surface area contributed by atoms with Gasteiger partial charge in [0.1, 0.15) is 12.0 Å². The second-order valence-corrected chi connectivity index (χ2v) is 3.84. The van der Waals surface area contributed by atoms with Crippen LogP contribution in [0.3, 0.4) is 0 Å². The zero-order valence-electron chi connectivity index (χ0n) is 9.05. The van der Waals surface area contributed by atoms with Crippen molar-refractivity contribution in [1.29, 1.82) is 0 Å². The summed E-state index contributed by atoms with van der Waals surface area (Å²) >= 11 is 5.19. The minimum atomic E-state index is 0.641. The largest absolute Gasteiger partial charge is 0.299 e. The van der Waals surface area contributed by atoms with Crippen molar-refractivity contribution in [3.63, 3.8) is 0 Å². The van der Waals surface area contributed by atoms with Crippen molar-refractivity contribution in [2.24, 2.45) is 0 Å². The molecule has 0 saturated heterocycles. The van der Waals surface area contributed by atoms with E-state index in [1.54, 1.807) is 6.20 Å². The lowest BCUT2D eigenvalue weighted by molar-refractivity contribution is 0.628. The standard InChI is InChI=1S/C10H13N5S/c1-2-3-6-15-9(13-14-10(15)16)8-4-5-11-7-12-8/h4-5,7H,2-3,6H2,1H3,(H,14,16). The van der Waals surface area contributed by atoms with Gasteiger partial charge >= 0.3 is 0 Å². The molecule has 2 aromatic rings. The first-order valence-corrected chi connectivity index (χ1v) is 5.65. The summed E-state index contributed by atoms with van der Waals surface area (Å²) in [5, 5.41) is 6.99. The van der Waals surface area contributed by atoms with Crippen LogP contribution in [0, 0.1) is 4.77 Å². The summed E-state index contributed by atoms with van der Waals surface area (Å²) in [6.45, 7) is 3.01. The van der Waals surface area contributed by atoms with Gasteiger partial charge in [0, 0.05) is 12.7 Å². The molecule has 0 aliphatic carbocycles. The number of aromatic amines is 1. The van der Waals surface area contributed by atoms with E-state index >= 15 is 0 Å². The molecule has 0 amide bonds. The lowest BCUT2D eigenvalue weighted by atomic mass is 10.3. The first-order chi connectivity index (χ1) is 7.83. The number of rotatable bonds is 4. The number of unbranched alkanes of at least 4 members (excludes halogenated alkanes) is 1. The van der Waals surface area contributed by atoms with Crippen molar-refractivity contribution in [3.8, 4) is 11.5 Å². The molecular weight excluding hydrogens is 222 g/mol. The van der Waals surface area contributed by atoms with Gasteiger partial charge in [-0.3, -0.25) is 9.67 Å². The molecule has 0 fully saturated rings. The lowest BCUT2D eigenvalue weighted by Crippen LogP contribution is -2.01. The Hall–Kier alpha value is -1.56. The third kappa shape index (κ3) is 2.16. The van der Waals surface area contributed by atoms with Gasteiger partial charge in [0.2, 0.25) is 0 Å². The zero-order chi connectivity index (χ0) is 11.4. The van der Waals surface area contributed by atoms with Crippen molar-refractivity contribution in [3.05, 3.63) is 23.4 Å². The van der Waals surface area contributed by atoms with Crippen LogP contribution in [0.1, 0.15) is 19.8 Å². The second-order valence-electron chi connectivity index (χ2n) is 3.45. The Bertz CT molecular complexity index is 501. The van der Waals surface area contributed by atoms with E-state index in [1.807, 2.05) is 10.6 Å². The van der Waals surface area contributed by atoms with E-state index in [1.165, 1.54) is 6.33 Å². The zero-order valence-corrected chi connectivity index (χ0v) is 9.87. The fourth-order valence-corrected chi connectivity index (χ4v) is 1.68. The Balaban J connectivity index is 2.38. The number of hydrogen-bond donors (Lipinski definition) is 1. The summed E-state index contributed by atoms with van der Waals surface area (Å²) < 4.78 is 2.61. The number of nitrogens with zero attached hydrogens (tertiary/aromatic N) is 4. The van der Waals surface area contributed by atoms with Gasteiger partial charge < -0.3 is 0 Å². The summed E-state index contributed by atoms with van der Waals surface area (Å²) in [6.07, 6.45) is 5.41. The van der Waals surface area contributed by atoms with Crippen LogP contribution in [0.5, 0.6) is 0 Å². The number of H-pyrrole nitrogens is 1. The van der Waals surface area contributed by atoms with E-state index in [0.29, 0.717) is 4.77 Å². The third-order valence-electron chi connectivity index (χ3n) is 2.30. The summed E-state index contributed by atoms with van der Waals surface area (Å²) in [6, 6.07) is 1.83. The van der Waals surface area contributed by atoms with E-state index in [2.05, 4.69) is 27.1 Å². The van der Waals surface area contributed by atoms with Gasteiger partial charge in [-0.1, -0.05) is 13.3 Å². The Morgan fingerprint density at radius 2 is 2.38 bits per heavy atom. The fraction of sp³-hybridized carbons (Fsp3) is 0.400. The Labute approximate surface area is 98.6 Å². The average molecular weight is 235 g/mol. The number of hydrogen-bond acceptors (Lipinski definition) is 4. The topological polar surface area (TPSA) is 59.4 Å². The maximum absolute atomic E-state index is 5.19. The molecule has 1 N–H and O–H groups in total. The van der Waals surface area contributed by atoms with Crippen LogP contribution in [-0.4, -0.2) is 24.7 Å². The first kappa shape index (κ1) is 10.9. The van der Waals surface area contributed by atoms with Gasteiger partial charge in [-0.15, -0.1) is 0 Å². The van der Waals surface area contributed by atoms with Crippen molar-refractivity contribution in [1.82, 2.24) is 24.7 Å². The van der Waals surface area contributed by atoms with Crippen molar-refractivity contribution >= 4 is 12.2 Å². The highest BCUT2D eigenvalue weighted by Crippen LogP contribution is 2.13. The van der Waals surface area contributed by atoms with Gasteiger partial charge in [-0.05, 0) is 24.7 Å². The van der Waals surface area contributed by atoms with Crippen LogP contribution in [0.25, 0.3) is 11.5 Å². The molecule has 5 nitrogen and oxygen atoms in total. The van der Waals surface area contributed by atoms with Crippen LogP contribution in [0.4, 0.5) is 0 Å². The molecule has 0 aromatic carbocycles. The second kappa shape index (κ2) is 4.98. The third-order valence-corrected chi connectivity index (χ3v) is 2.62. The molecular formula is C10H13N5S. The predicted molar refractivity (Wildman–Crippen MR) is 63.3 cm³/mol. The van der Waals surface area contributed by atoms with E-state index in [9.17, 15) is 0 Å². The van der Waals surface area contributed by atoms with E-state index in [4.69, 9.17) is 12.2 Å². The highest BCUT2D eigenvalue weighted by Gasteiger charge is 2.08. The van der Waals surface area contributed by atoms with Gasteiger partial charge in [0.25, 0.3) is 0 Å². The molecule has 0 unspecified atom stereocenters. The Kier molecular flexibility index (Phi) is 3.40. The van der Waals surface area contributed by atoms with Crippen LogP contribution in [-0.2, 0) is 6.54 Å². The van der Waals surface area contributed by atoms with Crippen molar-refractivity contribution in [2.75, 3.05) is 0 Å². The molecule has 0 radical (unpaired) electrons. The fourth-order valence-electron chi connectivity index (χ4n) is 1.46.